The average Bonchev–Trinajstić information content (AvgIpc) is 3.75. The summed E-state index contributed by atoms with van der Waals surface area (Å²) in [6.45, 7) is -0.529. The molecule has 0 aliphatic heterocycles. The van der Waals surface area contributed by atoms with Crippen molar-refractivity contribution >= 4 is 45.9 Å². The standard InChI is InChI=1S/C42H37N5O6S/c43-27-37(48)46(40-45-44-29-54-40)35-24-14-13-23-34(35)39(51)36(25-26-38(49)50)47(41(52)53-28-30-15-5-1-6-16-30)42(31-17-7-2-8-18-31,32-19-9-3-10-20-32)33-21-11-4-12-22-33/h1-24,29,36H,25-28,43H2,(H,49,50)/t36-/m0/s1. The van der Waals surface area contributed by atoms with Crippen molar-refractivity contribution in [2.75, 3.05) is 11.4 Å². The van der Waals surface area contributed by atoms with Crippen LogP contribution in [0.5, 0.6) is 0 Å². The Morgan fingerprint density at radius 3 is 1.76 bits per heavy atom. The van der Waals surface area contributed by atoms with Crippen molar-refractivity contribution in [3.05, 3.63) is 179 Å². The van der Waals surface area contributed by atoms with Crippen LogP contribution < -0.4 is 10.6 Å². The van der Waals surface area contributed by atoms with Crippen LogP contribution in [0.4, 0.5) is 15.6 Å². The first-order valence-corrected chi connectivity index (χ1v) is 18.0. The Hall–Kier alpha value is -6.50. The number of carboxylic acids is 1. The number of hydrogen-bond donors (Lipinski definition) is 2. The van der Waals surface area contributed by atoms with Crippen molar-refractivity contribution in [2.24, 2.45) is 5.73 Å². The molecule has 0 saturated carbocycles. The lowest BCUT2D eigenvalue weighted by molar-refractivity contribution is -0.137. The predicted molar refractivity (Wildman–Crippen MR) is 205 cm³/mol. The zero-order chi connectivity index (χ0) is 37.9. The molecule has 1 atom stereocenters. The van der Waals surface area contributed by atoms with E-state index in [1.807, 2.05) is 121 Å². The first-order chi connectivity index (χ1) is 26.4. The minimum Gasteiger partial charge on any atom is -0.481 e. The normalized spacial score (nSPS) is 11.6. The first kappa shape index (κ1) is 37.3. The van der Waals surface area contributed by atoms with Crippen molar-refractivity contribution in [2.45, 2.75) is 31.0 Å². The Morgan fingerprint density at radius 1 is 0.741 bits per heavy atom. The molecule has 6 rings (SSSR count). The highest BCUT2D eigenvalue weighted by atomic mass is 32.1. The smallest absolute Gasteiger partial charge is 0.412 e. The molecule has 12 heteroatoms. The van der Waals surface area contributed by atoms with Crippen LogP contribution in [-0.2, 0) is 26.5 Å². The maximum atomic E-state index is 15.5. The fraction of sp³-hybridized carbons (Fsp3) is 0.143. The number of ketones is 1. The fourth-order valence-electron chi connectivity index (χ4n) is 6.64. The minimum absolute atomic E-state index is 0.0360. The molecule has 3 N–H and O–H groups in total. The third-order valence-electron chi connectivity index (χ3n) is 8.96. The van der Waals surface area contributed by atoms with Crippen molar-refractivity contribution in [3.63, 3.8) is 0 Å². The molecule has 0 bridgehead atoms. The maximum absolute atomic E-state index is 15.5. The van der Waals surface area contributed by atoms with Crippen LogP contribution in [0.1, 0.15) is 45.5 Å². The number of Topliss-reactive ketones (excluding diaryl/α,β-unsaturated/α-hetero) is 1. The van der Waals surface area contributed by atoms with Crippen LogP contribution in [-0.4, -0.2) is 56.5 Å². The van der Waals surface area contributed by atoms with E-state index in [9.17, 15) is 14.7 Å². The van der Waals surface area contributed by atoms with Gasteiger partial charge in [0.15, 0.2) is 5.78 Å². The molecule has 0 radical (unpaired) electrons. The van der Waals surface area contributed by atoms with Gasteiger partial charge >= 0.3 is 12.1 Å². The number of carboxylic acid groups (broad SMARTS) is 1. The van der Waals surface area contributed by atoms with Gasteiger partial charge in [-0.2, -0.15) is 0 Å². The number of nitrogens with two attached hydrogens (primary N) is 1. The Labute approximate surface area is 316 Å². The van der Waals surface area contributed by atoms with Crippen LogP contribution in [0.15, 0.2) is 151 Å². The number of ether oxygens (including phenoxy) is 1. The Bertz CT molecular complexity index is 2070. The second-order valence-electron chi connectivity index (χ2n) is 12.2. The highest BCUT2D eigenvalue weighted by molar-refractivity contribution is 7.13. The molecule has 0 unspecified atom stereocenters. The molecular weight excluding hydrogens is 703 g/mol. The van der Waals surface area contributed by atoms with Crippen LogP contribution >= 0.6 is 11.3 Å². The molecule has 5 aromatic carbocycles. The number of para-hydroxylation sites is 1. The lowest BCUT2D eigenvalue weighted by Gasteiger charge is -2.48. The summed E-state index contributed by atoms with van der Waals surface area (Å²) in [5.74, 6) is -2.35. The van der Waals surface area contributed by atoms with Gasteiger partial charge in [0.1, 0.15) is 23.7 Å². The largest absolute Gasteiger partial charge is 0.481 e. The number of carbonyl (C=O) groups excluding carboxylic acids is 3. The van der Waals surface area contributed by atoms with E-state index in [1.54, 1.807) is 18.2 Å². The molecule has 0 aliphatic carbocycles. The van der Waals surface area contributed by atoms with Gasteiger partial charge in [-0.15, -0.1) is 10.2 Å². The third-order valence-corrected chi connectivity index (χ3v) is 9.63. The van der Waals surface area contributed by atoms with E-state index in [2.05, 4.69) is 10.2 Å². The second-order valence-corrected chi connectivity index (χ2v) is 13.0. The fourth-order valence-corrected chi connectivity index (χ4v) is 7.22. The molecule has 272 valence electrons. The van der Waals surface area contributed by atoms with Gasteiger partial charge in [-0.1, -0.05) is 145 Å². The number of amides is 2. The summed E-state index contributed by atoms with van der Waals surface area (Å²) >= 11 is 1.08. The van der Waals surface area contributed by atoms with Crippen LogP contribution in [0.3, 0.4) is 0 Å². The first-order valence-electron chi connectivity index (χ1n) is 17.2. The summed E-state index contributed by atoms with van der Waals surface area (Å²) in [4.78, 5) is 59.0. The molecule has 0 saturated heterocycles. The zero-order valence-electron chi connectivity index (χ0n) is 29.1. The summed E-state index contributed by atoms with van der Waals surface area (Å²) in [6.07, 6.45) is -1.64. The number of aromatic nitrogens is 2. The number of aliphatic carboxylic acids is 1. The summed E-state index contributed by atoms with van der Waals surface area (Å²) in [5.41, 5.74) is 8.51. The maximum Gasteiger partial charge on any atom is 0.412 e. The van der Waals surface area contributed by atoms with E-state index in [4.69, 9.17) is 10.5 Å². The van der Waals surface area contributed by atoms with Gasteiger partial charge in [0.25, 0.3) is 0 Å². The lowest BCUT2D eigenvalue weighted by atomic mass is 9.74. The summed E-state index contributed by atoms with van der Waals surface area (Å²) in [6, 6.07) is 41.8. The van der Waals surface area contributed by atoms with Crippen molar-refractivity contribution in [1.29, 1.82) is 0 Å². The molecule has 1 aromatic heterocycles. The summed E-state index contributed by atoms with van der Waals surface area (Å²) < 4.78 is 6.12. The average molecular weight is 740 g/mol. The second kappa shape index (κ2) is 17.3. The van der Waals surface area contributed by atoms with E-state index >= 15 is 9.59 Å². The van der Waals surface area contributed by atoms with Crippen LogP contribution in [0.25, 0.3) is 0 Å². The van der Waals surface area contributed by atoms with Crippen LogP contribution in [0.2, 0.25) is 0 Å². The molecule has 2 amide bonds. The minimum atomic E-state index is -1.54. The SMILES string of the molecule is NCC(=O)N(c1nncs1)c1ccccc1C(=O)[C@H](CCC(=O)O)N(C(=O)OCc1ccccc1)C(c1ccccc1)(c1ccccc1)c1ccccc1. The van der Waals surface area contributed by atoms with Crippen molar-refractivity contribution in [1.82, 2.24) is 15.1 Å². The Kier molecular flexibility index (Phi) is 12.0. The number of benzene rings is 5. The Balaban J connectivity index is 1.64. The van der Waals surface area contributed by atoms with E-state index in [0.717, 1.165) is 11.3 Å². The molecule has 54 heavy (non-hydrogen) atoms. The molecular formula is C42H37N5O6S. The quantitative estimate of drug-likeness (QED) is 0.0821. The molecule has 6 aromatic rings. The monoisotopic (exact) mass is 739 g/mol. The number of carbonyl (C=O) groups is 4. The van der Waals surface area contributed by atoms with Gasteiger partial charge < -0.3 is 15.6 Å². The van der Waals surface area contributed by atoms with Gasteiger partial charge in [-0.25, -0.2) is 4.79 Å². The predicted octanol–water partition coefficient (Wildman–Crippen LogP) is 7.21. The molecule has 0 aliphatic rings. The van der Waals surface area contributed by atoms with Crippen molar-refractivity contribution < 1.29 is 29.0 Å². The molecule has 0 spiro atoms. The third kappa shape index (κ3) is 7.80. The highest BCUT2D eigenvalue weighted by Gasteiger charge is 2.51. The van der Waals surface area contributed by atoms with E-state index in [1.165, 1.54) is 21.4 Å². The number of nitrogens with zero attached hydrogens (tertiary/aromatic N) is 4. The number of hydrogen-bond acceptors (Lipinski definition) is 9. The molecule has 11 nitrogen and oxygen atoms in total. The van der Waals surface area contributed by atoms with Gasteiger partial charge in [0.2, 0.25) is 11.0 Å². The van der Waals surface area contributed by atoms with Gasteiger partial charge in [-0.3, -0.25) is 24.2 Å². The van der Waals surface area contributed by atoms with Crippen LogP contribution in [0, 0.1) is 0 Å². The van der Waals surface area contributed by atoms with Gasteiger partial charge in [-0.05, 0) is 40.8 Å². The van der Waals surface area contributed by atoms with Gasteiger partial charge in [0.05, 0.1) is 12.2 Å². The van der Waals surface area contributed by atoms with E-state index in [0.29, 0.717) is 22.3 Å². The summed E-state index contributed by atoms with van der Waals surface area (Å²) in [7, 11) is 0. The summed E-state index contributed by atoms with van der Waals surface area (Å²) in [5, 5.41) is 18.2. The topological polar surface area (TPSA) is 156 Å². The van der Waals surface area contributed by atoms with E-state index in [-0.39, 0.29) is 29.4 Å². The molecule has 0 fully saturated rings. The van der Waals surface area contributed by atoms with Crippen molar-refractivity contribution in [3.8, 4) is 0 Å². The van der Waals surface area contributed by atoms with E-state index < -0.39 is 48.3 Å². The number of rotatable bonds is 15. The van der Waals surface area contributed by atoms with Gasteiger partial charge in [0, 0.05) is 12.0 Å². The zero-order valence-corrected chi connectivity index (χ0v) is 29.9. The highest BCUT2D eigenvalue weighted by Crippen LogP contribution is 2.45. The Morgan fingerprint density at radius 2 is 1.26 bits per heavy atom. The number of anilines is 2. The lowest BCUT2D eigenvalue weighted by Crippen LogP contribution is -2.58. The molecule has 1 heterocycles.